The molecule has 0 amide bonds. The Bertz CT molecular complexity index is 273. The quantitative estimate of drug-likeness (QED) is 0.685. The zero-order valence-corrected chi connectivity index (χ0v) is 13.0. The number of hydrogen-bond donors (Lipinski definition) is 1. The highest BCUT2D eigenvalue weighted by atomic mass is 16.5. The first-order chi connectivity index (χ1) is 8.99. The Hall–Kier alpha value is -0.610. The first kappa shape index (κ1) is 16.4. The average molecular weight is 270 g/mol. The van der Waals surface area contributed by atoms with Gasteiger partial charge in [-0.05, 0) is 46.2 Å². The molecule has 4 heteroatoms. The molecular weight excluding hydrogens is 240 g/mol. The van der Waals surface area contributed by atoms with Crippen LogP contribution in [0, 0.1) is 5.41 Å². The Labute approximate surface area is 117 Å². The monoisotopic (exact) mass is 270 g/mol. The second-order valence-electron chi connectivity index (χ2n) is 6.26. The van der Waals surface area contributed by atoms with Gasteiger partial charge in [0.25, 0.3) is 0 Å². The van der Waals surface area contributed by atoms with Crippen LogP contribution in [0.25, 0.3) is 0 Å². The molecule has 0 aliphatic carbocycles. The molecule has 0 aromatic carbocycles. The Balaban J connectivity index is 2.54. The number of nitrogens with one attached hydrogen (secondary N) is 1. The van der Waals surface area contributed by atoms with Gasteiger partial charge in [-0.25, -0.2) is 0 Å². The second-order valence-corrected chi connectivity index (χ2v) is 6.26. The zero-order chi connectivity index (χ0) is 14.3. The van der Waals surface area contributed by atoms with E-state index in [1.807, 2.05) is 13.8 Å². The largest absolute Gasteiger partial charge is 0.469 e. The maximum Gasteiger partial charge on any atom is 0.312 e. The summed E-state index contributed by atoms with van der Waals surface area (Å²) < 4.78 is 4.91. The highest BCUT2D eigenvalue weighted by Gasteiger charge is 2.32. The lowest BCUT2D eigenvalue weighted by molar-refractivity contribution is -0.151. The summed E-state index contributed by atoms with van der Waals surface area (Å²) in [7, 11) is 1.47. The molecule has 112 valence electrons. The van der Waals surface area contributed by atoms with Crippen molar-refractivity contribution in [3.8, 4) is 0 Å². The molecule has 1 atom stereocenters. The van der Waals surface area contributed by atoms with Crippen LogP contribution in [0.15, 0.2) is 0 Å². The molecule has 0 aromatic heterocycles. The summed E-state index contributed by atoms with van der Waals surface area (Å²) in [6.07, 6.45) is 4.89. The maximum atomic E-state index is 11.8. The van der Waals surface area contributed by atoms with Crippen LogP contribution in [0.3, 0.4) is 0 Å². The third-order valence-electron chi connectivity index (χ3n) is 3.83. The van der Waals surface area contributed by atoms with Crippen molar-refractivity contribution >= 4 is 5.97 Å². The molecule has 1 N–H and O–H groups in total. The third-order valence-corrected chi connectivity index (χ3v) is 3.83. The van der Waals surface area contributed by atoms with Crippen molar-refractivity contribution in [2.24, 2.45) is 5.41 Å². The van der Waals surface area contributed by atoms with Gasteiger partial charge in [0.2, 0.25) is 0 Å². The van der Waals surface area contributed by atoms with Crippen molar-refractivity contribution in [2.45, 2.75) is 52.5 Å². The predicted molar refractivity (Wildman–Crippen MR) is 78.2 cm³/mol. The van der Waals surface area contributed by atoms with Gasteiger partial charge in [0.05, 0.1) is 12.5 Å². The van der Waals surface area contributed by atoms with Gasteiger partial charge in [-0.15, -0.1) is 0 Å². The van der Waals surface area contributed by atoms with Gasteiger partial charge in [0, 0.05) is 19.1 Å². The molecule has 19 heavy (non-hydrogen) atoms. The van der Waals surface area contributed by atoms with E-state index < -0.39 is 5.41 Å². The Morgan fingerprint density at radius 2 is 2.21 bits per heavy atom. The number of esters is 1. The van der Waals surface area contributed by atoms with Crippen LogP contribution in [0.5, 0.6) is 0 Å². The van der Waals surface area contributed by atoms with Crippen molar-refractivity contribution < 1.29 is 9.53 Å². The first-order valence-electron chi connectivity index (χ1n) is 7.53. The van der Waals surface area contributed by atoms with Crippen LogP contribution < -0.4 is 5.32 Å². The van der Waals surface area contributed by atoms with E-state index in [4.69, 9.17) is 4.74 Å². The molecule has 0 spiro atoms. The van der Waals surface area contributed by atoms with E-state index in [1.165, 1.54) is 32.8 Å². The molecular formula is C15H30N2O2. The number of nitrogens with zero attached hydrogens (tertiary/aromatic N) is 1. The predicted octanol–water partition coefficient (Wildman–Crippen LogP) is 2.04. The van der Waals surface area contributed by atoms with E-state index in [-0.39, 0.29) is 5.97 Å². The van der Waals surface area contributed by atoms with Gasteiger partial charge in [0.15, 0.2) is 0 Å². The molecule has 1 fully saturated rings. The SMILES string of the molecule is CCCCN(CC1CCCN1)CC(C)(C)C(=O)OC. The summed E-state index contributed by atoms with van der Waals surface area (Å²) in [6, 6.07) is 0.588. The fourth-order valence-electron chi connectivity index (χ4n) is 2.74. The molecule has 0 saturated carbocycles. The van der Waals surface area contributed by atoms with Crippen LogP contribution in [0.2, 0.25) is 0 Å². The zero-order valence-electron chi connectivity index (χ0n) is 13.0. The minimum absolute atomic E-state index is 0.117. The lowest BCUT2D eigenvalue weighted by Gasteiger charge is -2.32. The summed E-state index contributed by atoms with van der Waals surface area (Å²) in [5.41, 5.74) is -0.429. The Morgan fingerprint density at radius 3 is 2.74 bits per heavy atom. The summed E-state index contributed by atoms with van der Waals surface area (Å²) in [6.45, 7) is 10.2. The van der Waals surface area contributed by atoms with E-state index in [9.17, 15) is 4.79 Å². The van der Waals surface area contributed by atoms with Crippen LogP contribution in [-0.2, 0) is 9.53 Å². The highest BCUT2D eigenvalue weighted by Crippen LogP contribution is 2.20. The minimum atomic E-state index is -0.429. The molecule has 1 unspecified atom stereocenters. The van der Waals surface area contributed by atoms with Gasteiger partial charge >= 0.3 is 5.97 Å². The normalized spacial score (nSPS) is 19.9. The number of methoxy groups -OCH3 is 1. The van der Waals surface area contributed by atoms with E-state index in [0.29, 0.717) is 6.04 Å². The Kier molecular flexibility index (Phi) is 6.80. The average Bonchev–Trinajstić information content (AvgIpc) is 2.87. The molecule has 1 aliphatic rings. The van der Waals surface area contributed by atoms with Gasteiger partial charge in [-0.2, -0.15) is 0 Å². The van der Waals surface area contributed by atoms with Crippen LogP contribution >= 0.6 is 0 Å². The number of carbonyl (C=O) groups is 1. The van der Waals surface area contributed by atoms with Crippen molar-refractivity contribution in [3.05, 3.63) is 0 Å². The fraction of sp³-hybridized carbons (Fsp3) is 0.933. The van der Waals surface area contributed by atoms with Crippen LogP contribution in [0.1, 0.15) is 46.5 Å². The van der Waals surface area contributed by atoms with Crippen molar-refractivity contribution in [3.63, 3.8) is 0 Å². The molecule has 4 nitrogen and oxygen atoms in total. The third kappa shape index (κ3) is 5.49. The lowest BCUT2D eigenvalue weighted by Crippen LogP contribution is -2.45. The topological polar surface area (TPSA) is 41.6 Å². The number of hydrogen-bond acceptors (Lipinski definition) is 4. The molecule has 0 radical (unpaired) electrons. The number of unbranched alkanes of at least 4 members (excludes halogenated alkanes) is 1. The van der Waals surface area contributed by atoms with Crippen molar-refractivity contribution in [2.75, 3.05) is 33.3 Å². The molecule has 0 aromatic rings. The summed E-state index contributed by atoms with van der Waals surface area (Å²) in [5, 5.41) is 3.53. The van der Waals surface area contributed by atoms with E-state index in [2.05, 4.69) is 17.1 Å². The maximum absolute atomic E-state index is 11.8. The summed E-state index contributed by atoms with van der Waals surface area (Å²) in [5.74, 6) is -0.117. The van der Waals surface area contributed by atoms with Crippen LogP contribution in [-0.4, -0.2) is 50.2 Å². The van der Waals surface area contributed by atoms with Gasteiger partial charge in [-0.3, -0.25) is 4.79 Å². The highest BCUT2D eigenvalue weighted by molar-refractivity contribution is 5.76. The fourth-order valence-corrected chi connectivity index (χ4v) is 2.74. The molecule has 1 heterocycles. The van der Waals surface area contributed by atoms with Crippen molar-refractivity contribution in [1.29, 1.82) is 0 Å². The Morgan fingerprint density at radius 1 is 1.47 bits per heavy atom. The van der Waals surface area contributed by atoms with E-state index >= 15 is 0 Å². The molecule has 1 saturated heterocycles. The molecule has 0 bridgehead atoms. The second kappa shape index (κ2) is 7.85. The molecule has 1 aliphatic heterocycles. The molecule has 1 rings (SSSR count). The summed E-state index contributed by atoms with van der Waals surface area (Å²) >= 11 is 0. The number of ether oxygens (including phenoxy) is 1. The standard InChI is InChI=1S/C15H30N2O2/c1-5-6-10-17(11-13-8-7-9-16-13)12-15(2,3)14(18)19-4/h13,16H,5-12H2,1-4H3. The minimum Gasteiger partial charge on any atom is -0.469 e. The number of rotatable bonds is 8. The first-order valence-corrected chi connectivity index (χ1v) is 7.53. The van der Waals surface area contributed by atoms with E-state index in [1.54, 1.807) is 0 Å². The summed E-state index contributed by atoms with van der Waals surface area (Å²) in [4.78, 5) is 14.2. The van der Waals surface area contributed by atoms with E-state index in [0.717, 1.165) is 26.2 Å². The smallest absolute Gasteiger partial charge is 0.312 e. The van der Waals surface area contributed by atoms with Gasteiger partial charge in [0.1, 0.15) is 0 Å². The van der Waals surface area contributed by atoms with Gasteiger partial charge < -0.3 is 15.0 Å². The number of carbonyl (C=O) groups excluding carboxylic acids is 1. The van der Waals surface area contributed by atoms with Crippen LogP contribution in [0.4, 0.5) is 0 Å². The van der Waals surface area contributed by atoms with Crippen molar-refractivity contribution in [1.82, 2.24) is 10.2 Å². The van der Waals surface area contributed by atoms with Gasteiger partial charge in [-0.1, -0.05) is 13.3 Å². The lowest BCUT2D eigenvalue weighted by atomic mass is 9.92.